The van der Waals surface area contributed by atoms with Crippen LogP contribution in [0.2, 0.25) is 0 Å². The molecule has 3 N–H and O–H groups in total. The van der Waals surface area contributed by atoms with Gasteiger partial charge in [0.05, 0.1) is 17.7 Å². The van der Waals surface area contributed by atoms with E-state index in [1.54, 1.807) is 36.5 Å². The Morgan fingerprint density at radius 2 is 1.83 bits per heavy atom. The molecule has 1 aliphatic rings. The highest BCUT2D eigenvalue weighted by Crippen LogP contribution is 2.32. The van der Waals surface area contributed by atoms with Crippen molar-refractivity contribution < 1.29 is 9.59 Å². The van der Waals surface area contributed by atoms with Gasteiger partial charge in [-0.1, -0.05) is 29.5 Å². The van der Waals surface area contributed by atoms with E-state index in [1.807, 2.05) is 32.0 Å². The molecule has 1 saturated carbocycles. The first-order chi connectivity index (χ1) is 17.3. The minimum Gasteiger partial charge on any atom is -0.324 e. The maximum Gasteiger partial charge on any atom is 0.255 e. The molecule has 2 aromatic carbocycles. The van der Waals surface area contributed by atoms with Gasteiger partial charge in [0.25, 0.3) is 5.91 Å². The quantitative estimate of drug-likeness (QED) is 0.318. The van der Waals surface area contributed by atoms with Gasteiger partial charge in [-0.05, 0) is 62.6 Å². The summed E-state index contributed by atoms with van der Waals surface area (Å²) in [5.74, 6) is 0.202. The maximum absolute atomic E-state index is 12.8. The normalized spacial score (nSPS) is 13.1. The smallest absolute Gasteiger partial charge is 0.255 e. The molecule has 2 amide bonds. The van der Waals surface area contributed by atoms with Crippen molar-refractivity contribution in [3.05, 3.63) is 65.9 Å². The number of benzene rings is 2. The molecule has 0 aliphatic heterocycles. The number of hydrogen-bond acceptors (Lipinski definition) is 8. The van der Waals surface area contributed by atoms with Gasteiger partial charge in [0.15, 0.2) is 9.96 Å². The number of thiazole rings is 1. The fraction of sp³-hybridized carbons (Fsp3) is 0.231. The second-order valence-electron chi connectivity index (χ2n) is 9.14. The van der Waals surface area contributed by atoms with Crippen molar-refractivity contribution in [2.24, 2.45) is 5.92 Å². The lowest BCUT2D eigenvalue weighted by atomic mass is 9.85. The topological polar surface area (TPSA) is 133 Å². The number of nitriles is 1. The Morgan fingerprint density at radius 1 is 1.06 bits per heavy atom. The SMILES string of the molecule is CC(C)(C#N)c1cccc(C(=O)Nc2cccc(Nc3ncc4nc(NC(=O)C5CC5)sc4n3)c2)c1. The van der Waals surface area contributed by atoms with E-state index in [0.29, 0.717) is 38.4 Å². The van der Waals surface area contributed by atoms with Crippen LogP contribution in [0.15, 0.2) is 54.7 Å². The van der Waals surface area contributed by atoms with E-state index in [4.69, 9.17) is 0 Å². The Balaban J connectivity index is 1.28. The van der Waals surface area contributed by atoms with Gasteiger partial charge in [0, 0.05) is 22.9 Å². The molecule has 9 nitrogen and oxygen atoms in total. The average Bonchev–Trinajstić information content (AvgIpc) is 3.65. The van der Waals surface area contributed by atoms with Gasteiger partial charge in [-0.2, -0.15) is 10.2 Å². The Hall–Kier alpha value is -4.36. The van der Waals surface area contributed by atoms with Crippen molar-refractivity contribution in [3.63, 3.8) is 0 Å². The molecule has 2 aromatic heterocycles. The minimum atomic E-state index is -0.692. The number of nitrogens with one attached hydrogen (secondary N) is 3. The van der Waals surface area contributed by atoms with Gasteiger partial charge < -0.3 is 16.0 Å². The molecule has 5 rings (SSSR count). The molecule has 2 heterocycles. The lowest BCUT2D eigenvalue weighted by Gasteiger charge is -2.16. The van der Waals surface area contributed by atoms with Crippen LogP contribution in [0.25, 0.3) is 10.3 Å². The van der Waals surface area contributed by atoms with Crippen molar-refractivity contribution >= 4 is 56.0 Å². The largest absolute Gasteiger partial charge is 0.324 e. The van der Waals surface area contributed by atoms with Gasteiger partial charge in [-0.25, -0.2) is 9.97 Å². The zero-order chi connectivity index (χ0) is 25.3. The molecule has 1 fully saturated rings. The molecule has 180 valence electrons. The predicted molar refractivity (Wildman–Crippen MR) is 139 cm³/mol. The molecule has 0 spiro atoms. The molecule has 0 radical (unpaired) electrons. The second-order valence-corrected chi connectivity index (χ2v) is 10.1. The van der Waals surface area contributed by atoms with Crippen LogP contribution in [-0.4, -0.2) is 26.8 Å². The maximum atomic E-state index is 12.8. The third-order valence-corrected chi connectivity index (χ3v) is 6.71. The minimum absolute atomic E-state index is 0.000252. The Labute approximate surface area is 211 Å². The van der Waals surface area contributed by atoms with E-state index in [1.165, 1.54) is 11.3 Å². The van der Waals surface area contributed by atoms with Crippen LogP contribution < -0.4 is 16.0 Å². The van der Waals surface area contributed by atoms with Crippen molar-refractivity contribution in [2.75, 3.05) is 16.0 Å². The summed E-state index contributed by atoms with van der Waals surface area (Å²) in [5, 5.41) is 18.8. The van der Waals surface area contributed by atoms with E-state index in [2.05, 4.69) is 37.0 Å². The zero-order valence-electron chi connectivity index (χ0n) is 19.7. The Kier molecular flexibility index (Phi) is 6.08. The Bertz CT molecular complexity index is 1520. The van der Waals surface area contributed by atoms with Crippen LogP contribution in [0.4, 0.5) is 22.5 Å². The molecule has 10 heteroatoms. The summed E-state index contributed by atoms with van der Waals surface area (Å²) in [6.45, 7) is 3.63. The first-order valence-electron chi connectivity index (χ1n) is 11.5. The standard InChI is InChI=1S/C26H23N7O2S/c1-26(2,14-27)17-6-3-5-16(11-17)22(35)29-18-7-4-8-19(12-18)30-24-28-13-20-23(33-24)36-25(31-20)32-21(34)15-9-10-15/h3-8,11-13,15H,9-10H2,1-2H3,(H,29,35)(H,28,30,33)(H,31,32,34). The molecule has 4 aromatic rings. The average molecular weight is 498 g/mol. The lowest BCUT2D eigenvalue weighted by molar-refractivity contribution is -0.117. The highest BCUT2D eigenvalue weighted by Gasteiger charge is 2.30. The van der Waals surface area contributed by atoms with Crippen molar-refractivity contribution in [1.29, 1.82) is 5.26 Å². The number of carbonyl (C=O) groups is 2. The molecule has 36 heavy (non-hydrogen) atoms. The number of amides is 2. The monoisotopic (exact) mass is 497 g/mol. The van der Waals surface area contributed by atoms with Crippen LogP contribution >= 0.6 is 11.3 Å². The number of rotatable bonds is 7. The summed E-state index contributed by atoms with van der Waals surface area (Å²) < 4.78 is 0. The van der Waals surface area contributed by atoms with E-state index >= 15 is 0 Å². The van der Waals surface area contributed by atoms with E-state index in [9.17, 15) is 14.9 Å². The lowest BCUT2D eigenvalue weighted by Crippen LogP contribution is -2.17. The van der Waals surface area contributed by atoms with E-state index in [-0.39, 0.29) is 17.7 Å². The number of hydrogen-bond donors (Lipinski definition) is 3. The summed E-state index contributed by atoms with van der Waals surface area (Å²) in [5.41, 5.74) is 2.46. The molecular weight excluding hydrogens is 474 g/mol. The first-order valence-corrected chi connectivity index (χ1v) is 12.3. The van der Waals surface area contributed by atoms with E-state index in [0.717, 1.165) is 18.4 Å². The van der Waals surface area contributed by atoms with E-state index < -0.39 is 5.41 Å². The third-order valence-electron chi connectivity index (χ3n) is 5.83. The Morgan fingerprint density at radius 3 is 2.61 bits per heavy atom. The van der Waals surface area contributed by atoms with Crippen LogP contribution in [-0.2, 0) is 10.2 Å². The first kappa shape index (κ1) is 23.4. The second kappa shape index (κ2) is 9.36. The summed E-state index contributed by atoms with van der Waals surface area (Å²) in [4.78, 5) is 38.7. The molecule has 1 aliphatic carbocycles. The van der Waals surface area contributed by atoms with Gasteiger partial charge >= 0.3 is 0 Å². The molecular formula is C26H23N7O2S. The van der Waals surface area contributed by atoms with Crippen molar-refractivity contribution in [1.82, 2.24) is 15.0 Å². The highest BCUT2D eigenvalue weighted by atomic mass is 32.1. The summed E-state index contributed by atoms with van der Waals surface area (Å²) >= 11 is 1.30. The fourth-order valence-electron chi connectivity index (χ4n) is 3.52. The van der Waals surface area contributed by atoms with Crippen LogP contribution in [0.1, 0.15) is 42.6 Å². The number of carbonyl (C=O) groups excluding carboxylic acids is 2. The van der Waals surface area contributed by atoms with Gasteiger partial charge in [-0.15, -0.1) is 0 Å². The number of anilines is 4. The summed E-state index contributed by atoms with van der Waals surface area (Å²) in [7, 11) is 0. The molecule has 0 saturated heterocycles. The fourth-order valence-corrected chi connectivity index (χ4v) is 4.34. The van der Waals surface area contributed by atoms with Gasteiger partial charge in [-0.3, -0.25) is 9.59 Å². The number of aromatic nitrogens is 3. The molecule has 0 atom stereocenters. The molecule has 0 unspecified atom stereocenters. The summed E-state index contributed by atoms with van der Waals surface area (Å²) in [6.07, 6.45) is 3.46. The van der Waals surface area contributed by atoms with Crippen LogP contribution in [0, 0.1) is 17.2 Å². The highest BCUT2D eigenvalue weighted by molar-refractivity contribution is 7.21. The van der Waals surface area contributed by atoms with Crippen molar-refractivity contribution in [3.8, 4) is 6.07 Å². The third kappa shape index (κ3) is 5.16. The van der Waals surface area contributed by atoms with Gasteiger partial charge in [0.2, 0.25) is 11.9 Å². The predicted octanol–water partition coefficient (Wildman–Crippen LogP) is 5.23. The summed E-state index contributed by atoms with van der Waals surface area (Å²) in [6, 6.07) is 16.5. The molecule has 0 bridgehead atoms. The number of fused-ring (bicyclic) bond motifs is 1. The zero-order valence-corrected chi connectivity index (χ0v) is 20.5. The van der Waals surface area contributed by atoms with Crippen molar-refractivity contribution in [2.45, 2.75) is 32.1 Å². The number of nitrogens with zero attached hydrogens (tertiary/aromatic N) is 4. The van der Waals surface area contributed by atoms with Crippen LogP contribution in [0.3, 0.4) is 0 Å². The van der Waals surface area contributed by atoms with Gasteiger partial charge in [0.1, 0.15) is 5.52 Å². The van der Waals surface area contributed by atoms with Crippen LogP contribution in [0.5, 0.6) is 0 Å².